The van der Waals surface area contributed by atoms with E-state index >= 15 is 0 Å². The minimum Gasteiger partial charge on any atom is -0.437 e. The van der Waals surface area contributed by atoms with Crippen LogP contribution in [-0.4, -0.2) is 74.4 Å². The molecule has 1 aliphatic heterocycles. The molecule has 1 aromatic carbocycles. The minimum absolute atomic E-state index is 0.0137. The number of pyridine rings is 1. The Morgan fingerprint density at radius 3 is 2.82 bits per heavy atom. The predicted molar refractivity (Wildman–Crippen MR) is 156 cm³/mol. The van der Waals surface area contributed by atoms with Crippen LogP contribution < -0.4 is 5.32 Å². The van der Waals surface area contributed by atoms with Crippen LogP contribution in [0.15, 0.2) is 53.7 Å². The topological polar surface area (TPSA) is 86.5 Å². The Morgan fingerprint density at radius 2 is 2.08 bits per heavy atom. The molecule has 204 valence electrons. The second kappa shape index (κ2) is 11.0. The van der Waals surface area contributed by atoms with Crippen molar-refractivity contribution in [2.75, 3.05) is 26.2 Å². The van der Waals surface area contributed by atoms with Crippen LogP contribution >= 0.6 is 27.5 Å². The highest BCUT2D eigenvalue weighted by molar-refractivity contribution is 9.10. The van der Waals surface area contributed by atoms with E-state index in [-0.39, 0.29) is 17.5 Å². The van der Waals surface area contributed by atoms with E-state index in [9.17, 15) is 9.82 Å². The number of imidazole rings is 1. The van der Waals surface area contributed by atoms with Crippen molar-refractivity contribution in [2.24, 2.45) is 0 Å². The van der Waals surface area contributed by atoms with Gasteiger partial charge in [0.1, 0.15) is 6.04 Å². The van der Waals surface area contributed by atoms with Gasteiger partial charge in [0.25, 0.3) is 0 Å². The third kappa shape index (κ3) is 5.42. The molecule has 2 atom stereocenters. The number of piperazine rings is 1. The van der Waals surface area contributed by atoms with Crippen LogP contribution in [0.2, 0.25) is 11.8 Å². The Morgan fingerprint density at radius 1 is 1.26 bits per heavy atom. The van der Waals surface area contributed by atoms with Crippen LogP contribution in [0.5, 0.6) is 0 Å². The van der Waals surface area contributed by atoms with Crippen molar-refractivity contribution in [1.29, 1.82) is 0 Å². The molecule has 8 nitrogen and oxygen atoms in total. The van der Waals surface area contributed by atoms with Gasteiger partial charge < -0.3 is 19.7 Å². The molecule has 39 heavy (non-hydrogen) atoms. The lowest BCUT2D eigenvalue weighted by Gasteiger charge is -2.45. The number of amides is 1. The largest absolute Gasteiger partial charge is 0.437 e. The van der Waals surface area contributed by atoms with Crippen molar-refractivity contribution in [3.63, 3.8) is 0 Å². The summed E-state index contributed by atoms with van der Waals surface area (Å²) in [6, 6.07) is 7.60. The van der Waals surface area contributed by atoms with Crippen LogP contribution in [-0.2, 0) is 23.2 Å². The fraction of sp³-hybridized carbons (Fsp3) is 0.464. The molecule has 0 bridgehead atoms. The van der Waals surface area contributed by atoms with Crippen molar-refractivity contribution in [3.05, 3.63) is 81.1 Å². The van der Waals surface area contributed by atoms with Crippen molar-refractivity contribution in [1.82, 2.24) is 29.6 Å². The molecule has 2 aromatic heterocycles. The summed E-state index contributed by atoms with van der Waals surface area (Å²) in [6.45, 7) is 4.10. The van der Waals surface area contributed by atoms with Gasteiger partial charge in [-0.1, -0.05) is 17.7 Å². The highest BCUT2D eigenvalue weighted by Gasteiger charge is 2.45. The molecular weight excluding hydrogens is 579 g/mol. The SMILES string of the molecule is CB(O)N1CCN([C@@H]2c3ccc(Cl)cc3CCc3cc(Br)cnc32)[C@@H](C(=O)NCCC2(n3ccnc3)CC2)C1. The smallest absolute Gasteiger partial charge is 0.376 e. The van der Waals surface area contributed by atoms with E-state index < -0.39 is 13.1 Å². The lowest BCUT2D eigenvalue weighted by atomic mass is 9.82. The summed E-state index contributed by atoms with van der Waals surface area (Å²) in [5.41, 5.74) is 4.56. The van der Waals surface area contributed by atoms with Gasteiger partial charge in [-0.3, -0.25) is 14.7 Å². The number of nitrogens with one attached hydrogen (secondary N) is 1. The summed E-state index contributed by atoms with van der Waals surface area (Å²) in [5.74, 6) is -0.0137. The Balaban J connectivity index is 1.30. The number of fused-ring (bicyclic) bond motifs is 2. The van der Waals surface area contributed by atoms with Crippen LogP contribution in [0.4, 0.5) is 0 Å². The molecule has 3 aliphatic rings. The maximum absolute atomic E-state index is 13.9. The maximum atomic E-state index is 13.9. The van der Waals surface area contributed by atoms with E-state index in [0.717, 1.165) is 47.8 Å². The second-order valence-electron chi connectivity index (χ2n) is 11.1. The summed E-state index contributed by atoms with van der Waals surface area (Å²) >= 11 is 10.0. The Hall–Kier alpha value is -2.24. The summed E-state index contributed by atoms with van der Waals surface area (Å²) in [7, 11) is -0.625. The number of benzene rings is 1. The fourth-order valence-corrected chi connectivity index (χ4v) is 6.88. The monoisotopic (exact) mass is 610 g/mol. The Labute approximate surface area is 243 Å². The molecule has 1 saturated carbocycles. The molecule has 2 N–H and O–H groups in total. The Bertz CT molecular complexity index is 1300. The zero-order chi connectivity index (χ0) is 27.1. The Kier molecular flexibility index (Phi) is 7.59. The molecule has 3 aromatic rings. The van der Waals surface area contributed by atoms with Gasteiger partial charge in [-0.25, -0.2) is 4.98 Å². The first-order valence-electron chi connectivity index (χ1n) is 13.7. The molecule has 2 fully saturated rings. The third-order valence-electron chi connectivity index (χ3n) is 8.68. The molecule has 0 unspecified atom stereocenters. The number of carbonyl (C=O) groups is 1. The molecular formula is C28H33BBrClN6O2. The molecule has 3 heterocycles. The number of aromatic nitrogens is 3. The summed E-state index contributed by atoms with van der Waals surface area (Å²) in [6.07, 6.45) is 12.3. The molecule has 2 aliphatic carbocycles. The lowest BCUT2D eigenvalue weighted by Crippen LogP contribution is -2.62. The molecule has 0 spiro atoms. The average Bonchev–Trinajstić information content (AvgIpc) is 3.53. The van der Waals surface area contributed by atoms with Gasteiger partial charge >= 0.3 is 7.05 Å². The van der Waals surface area contributed by atoms with Crippen LogP contribution in [0.25, 0.3) is 0 Å². The first kappa shape index (κ1) is 27.0. The highest BCUT2D eigenvalue weighted by atomic mass is 79.9. The van der Waals surface area contributed by atoms with Crippen molar-refractivity contribution in [2.45, 2.75) is 56.5 Å². The van der Waals surface area contributed by atoms with Gasteiger partial charge in [0.05, 0.1) is 18.1 Å². The first-order valence-corrected chi connectivity index (χ1v) is 14.9. The molecule has 1 saturated heterocycles. The number of carbonyl (C=O) groups excluding carboxylic acids is 1. The van der Waals surface area contributed by atoms with E-state index in [1.807, 2.05) is 35.8 Å². The molecule has 0 radical (unpaired) electrons. The van der Waals surface area contributed by atoms with Gasteiger partial charge in [0, 0.05) is 59.8 Å². The van der Waals surface area contributed by atoms with Crippen LogP contribution in [0.1, 0.15) is 47.7 Å². The van der Waals surface area contributed by atoms with E-state index in [1.54, 1.807) is 6.82 Å². The molecule has 6 rings (SSSR count). The zero-order valence-corrected chi connectivity index (χ0v) is 24.4. The van der Waals surface area contributed by atoms with Crippen LogP contribution in [0, 0.1) is 0 Å². The van der Waals surface area contributed by atoms with Crippen molar-refractivity contribution in [3.8, 4) is 0 Å². The third-order valence-corrected chi connectivity index (χ3v) is 9.34. The standard InChI is InChI=1S/C28H33BBrClN6O2/c1-29(39)36-12-13-37(24(17-36)27(38)33-9-8-28(6-7-28)35-11-10-32-18-35)26-23-5-4-22(31)15-19(23)2-3-20-14-21(30)16-34-25(20)26/h4-5,10-11,14-16,18,24,26,39H,2-3,6-9,12-13,17H2,1H3,(H,33,38)/t24-,26-/m1/s1. The highest BCUT2D eigenvalue weighted by Crippen LogP contribution is 2.46. The van der Waals surface area contributed by atoms with Crippen molar-refractivity contribution >= 4 is 40.5 Å². The predicted octanol–water partition coefficient (Wildman–Crippen LogP) is 3.67. The van der Waals surface area contributed by atoms with Gasteiger partial charge in [0.15, 0.2) is 0 Å². The van der Waals surface area contributed by atoms with Gasteiger partial charge in [-0.2, -0.15) is 0 Å². The molecule has 11 heteroatoms. The molecule has 1 amide bonds. The van der Waals surface area contributed by atoms with Crippen molar-refractivity contribution < 1.29 is 9.82 Å². The number of hydrogen-bond donors (Lipinski definition) is 2. The number of hydrogen-bond acceptors (Lipinski definition) is 6. The van der Waals surface area contributed by atoms with Gasteiger partial charge in [-0.05, 0) is 89.7 Å². The fourth-order valence-electron chi connectivity index (χ4n) is 6.31. The van der Waals surface area contributed by atoms with E-state index in [2.05, 4.69) is 53.9 Å². The number of halogens is 2. The quantitative estimate of drug-likeness (QED) is 0.397. The van der Waals surface area contributed by atoms with Gasteiger partial charge in [-0.15, -0.1) is 0 Å². The maximum Gasteiger partial charge on any atom is 0.376 e. The summed E-state index contributed by atoms with van der Waals surface area (Å²) < 4.78 is 3.12. The minimum atomic E-state index is -0.625. The van der Waals surface area contributed by atoms with E-state index in [4.69, 9.17) is 16.6 Å². The zero-order valence-electron chi connectivity index (χ0n) is 22.1. The van der Waals surface area contributed by atoms with Gasteiger partial charge in [0.2, 0.25) is 5.91 Å². The number of aryl methyl sites for hydroxylation is 2. The average molecular weight is 612 g/mol. The number of rotatable bonds is 7. The second-order valence-corrected chi connectivity index (χ2v) is 12.4. The number of nitrogens with zero attached hydrogens (tertiary/aromatic N) is 5. The lowest BCUT2D eigenvalue weighted by molar-refractivity contribution is -0.129. The summed E-state index contributed by atoms with van der Waals surface area (Å²) in [5, 5.41) is 14.4. The van der Waals surface area contributed by atoms with E-state index in [1.165, 1.54) is 11.1 Å². The summed E-state index contributed by atoms with van der Waals surface area (Å²) in [4.78, 5) is 27.3. The van der Waals surface area contributed by atoms with Crippen LogP contribution in [0.3, 0.4) is 0 Å². The normalized spacial score (nSPS) is 22.5. The van der Waals surface area contributed by atoms with E-state index in [0.29, 0.717) is 31.2 Å². The first-order chi connectivity index (χ1) is 18.8.